The average molecular weight is 409 g/mol. The lowest BCUT2D eigenvalue weighted by atomic mass is 9.82. The average Bonchev–Trinajstić information content (AvgIpc) is 3.10. The summed E-state index contributed by atoms with van der Waals surface area (Å²) in [6.45, 7) is 0. The van der Waals surface area contributed by atoms with E-state index in [9.17, 15) is 15.0 Å². The van der Waals surface area contributed by atoms with Crippen LogP contribution >= 0.6 is 11.6 Å². The molecular formula is C23H21ClN2O3. The highest BCUT2D eigenvalue weighted by Gasteiger charge is 2.33. The number of H-pyrrole nitrogens is 1. The molecule has 1 fully saturated rings. The molecule has 2 aromatic carbocycles. The number of carbonyl (C=O) groups excluding carboxylic acids is 1. The highest BCUT2D eigenvalue weighted by molar-refractivity contribution is 6.30. The molecule has 6 heteroatoms. The van der Waals surface area contributed by atoms with Gasteiger partial charge in [0.05, 0.1) is 0 Å². The number of benzene rings is 2. The molecule has 2 atom stereocenters. The molecule has 1 amide bonds. The summed E-state index contributed by atoms with van der Waals surface area (Å²) in [6, 6.07) is 13.6. The van der Waals surface area contributed by atoms with Gasteiger partial charge in [0.15, 0.2) is 0 Å². The van der Waals surface area contributed by atoms with Crippen LogP contribution in [0.4, 0.5) is 0 Å². The minimum Gasteiger partial charge on any atom is -0.508 e. The van der Waals surface area contributed by atoms with E-state index in [0.29, 0.717) is 23.6 Å². The summed E-state index contributed by atoms with van der Waals surface area (Å²) in [5.74, 6) is 5.88. The number of aromatic amines is 1. The van der Waals surface area contributed by atoms with E-state index in [2.05, 4.69) is 22.1 Å². The van der Waals surface area contributed by atoms with Gasteiger partial charge in [-0.05, 0) is 61.7 Å². The molecule has 0 bridgehead atoms. The lowest BCUT2D eigenvalue weighted by Crippen LogP contribution is -2.45. The molecular weight excluding hydrogens is 388 g/mol. The van der Waals surface area contributed by atoms with Crippen LogP contribution < -0.4 is 5.32 Å². The number of hydrogen-bond acceptors (Lipinski definition) is 3. The maximum atomic E-state index is 12.7. The number of hydrogen-bond donors (Lipinski definition) is 4. The lowest BCUT2D eigenvalue weighted by molar-refractivity contribution is 0.0451. The second kappa shape index (κ2) is 7.82. The van der Waals surface area contributed by atoms with Crippen LogP contribution in [0.1, 0.15) is 41.7 Å². The van der Waals surface area contributed by atoms with Gasteiger partial charge in [0.25, 0.3) is 5.91 Å². The Morgan fingerprint density at radius 2 is 2.10 bits per heavy atom. The normalized spacial score (nSPS) is 21.4. The van der Waals surface area contributed by atoms with Crippen molar-refractivity contribution in [2.75, 3.05) is 0 Å². The zero-order chi connectivity index (χ0) is 20.4. The number of carbonyl (C=O) groups is 1. The highest BCUT2D eigenvalue weighted by atomic mass is 35.5. The molecule has 1 heterocycles. The van der Waals surface area contributed by atoms with Gasteiger partial charge in [-0.3, -0.25) is 4.79 Å². The molecule has 0 spiro atoms. The van der Waals surface area contributed by atoms with E-state index in [1.807, 2.05) is 12.1 Å². The molecule has 4 rings (SSSR count). The van der Waals surface area contributed by atoms with Gasteiger partial charge in [-0.25, -0.2) is 0 Å². The van der Waals surface area contributed by atoms with E-state index in [1.165, 1.54) is 0 Å². The molecule has 3 aromatic rings. The Kier molecular flexibility index (Phi) is 5.23. The fourth-order valence-corrected chi connectivity index (χ4v) is 3.94. The van der Waals surface area contributed by atoms with Gasteiger partial charge < -0.3 is 20.5 Å². The van der Waals surface area contributed by atoms with Gasteiger partial charge in [0.1, 0.15) is 17.0 Å². The van der Waals surface area contributed by atoms with Crippen LogP contribution in [0.5, 0.6) is 5.75 Å². The summed E-state index contributed by atoms with van der Waals surface area (Å²) in [4.78, 5) is 15.7. The first kappa shape index (κ1) is 19.4. The topological polar surface area (TPSA) is 85.3 Å². The standard InChI is InChI=1S/C23H21ClN2O3/c24-17-4-1-3-15(11-17)8-10-23(29)9-2-5-18(14-23)25-22(28)21-13-16-12-19(27)6-7-20(16)26-21/h1,3-4,6-7,11-13,18,26-27,29H,2,5,9,14H2,(H,25,28)/t18-,23+/m0/s1. The predicted octanol–water partition coefficient (Wildman–Crippen LogP) is 3.98. The van der Waals surface area contributed by atoms with E-state index in [-0.39, 0.29) is 17.7 Å². The van der Waals surface area contributed by atoms with Crippen molar-refractivity contribution < 1.29 is 15.0 Å². The van der Waals surface area contributed by atoms with Crippen LogP contribution in [0.3, 0.4) is 0 Å². The Hall–Kier alpha value is -2.94. The zero-order valence-corrected chi connectivity index (χ0v) is 16.5. The molecule has 1 aliphatic rings. The van der Waals surface area contributed by atoms with E-state index in [1.54, 1.807) is 36.4 Å². The van der Waals surface area contributed by atoms with Gasteiger partial charge in [0, 0.05) is 34.0 Å². The Morgan fingerprint density at radius 1 is 1.24 bits per heavy atom. The van der Waals surface area contributed by atoms with E-state index in [4.69, 9.17) is 11.6 Å². The van der Waals surface area contributed by atoms with Crippen LogP contribution in [0.25, 0.3) is 10.9 Å². The number of halogens is 1. The molecule has 1 aliphatic carbocycles. The molecule has 0 aliphatic heterocycles. The van der Waals surface area contributed by atoms with Crippen LogP contribution in [0.15, 0.2) is 48.5 Å². The number of fused-ring (bicyclic) bond motifs is 1. The lowest BCUT2D eigenvalue weighted by Gasteiger charge is -2.33. The quantitative estimate of drug-likeness (QED) is 0.484. The molecule has 29 heavy (non-hydrogen) atoms. The van der Waals surface area contributed by atoms with Crippen LogP contribution in [-0.2, 0) is 0 Å². The maximum absolute atomic E-state index is 12.7. The van der Waals surface area contributed by atoms with Crippen LogP contribution in [0, 0.1) is 11.8 Å². The summed E-state index contributed by atoms with van der Waals surface area (Å²) in [5, 5.41) is 24.8. The first-order chi connectivity index (χ1) is 13.9. The molecule has 0 radical (unpaired) electrons. The Balaban J connectivity index is 1.45. The molecule has 1 aromatic heterocycles. The zero-order valence-electron chi connectivity index (χ0n) is 15.7. The van der Waals surface area contributed by atoms with Crippen molar-refractivity contribution >= 4 is 28.4 Å². The third-order valence-corrected chi connectivity index (χ3v) is 5.41. The van der Waals surface area contributed by atoms with Crippen molar-refractivity contribution in [3.63, 3.8) is 0 Å². The highest BCUT2D eigenvalue weighted by Crippen LogP contribution is 2.28. The number of aromatic nitrogens is 1. The van der Waals surface area contributed by atoms with E-state index >= 15 is 0 Å². The smallest absolute Gasteiger partial charge is 0.267 e. The molecule has 148 valence electrons. The van der Waals surface area contributed by atoms with Crippen molar-refractivity contribution in [2.24, 2.45) is 0 Å². The fourth-order valence-electron chi connectivity index (χ4n) is 3.75. The summed E-state index contributed by atoms with van der Waals surface area (Å²) in [5.41, 5.74) is 0.800. The van der Waals surface area contributed by atoms with Gasteiger partial charge in [0.2, 0.25) is 0 Å². The van der Waals surface area contributed by atoms with E-state index in [0.717, 1.165) is 29.3 Å². The molecule has 0 saturated heterocycles. The van der Waals surface area contributed by atoms with Gasteiger partial charge in [-0.2, -0.15) is 0 Å². The summed E-state index contributed by atoms with van der Waals surface area (Å²) in [7, 11) is 0. The largest absolute Gasteiger partial charge is 0.508 e. The fraction of sp³-hybridized carbons (Fsp3) is 0.261. The second-order valence-corrected chi connectivity index (χ2v) is 7.95. The Labute approximate surface area is 173 Å². The molecule has 4 N–H and O–H groups in total. The first-order valence-corrected chi connectivity index (χ1v) is 9.92. The van der Waals surface area contributed by atoms with Crippen molar-refractivity contribution in [3.05, 3.63) is 64.8 Å². The SMILES string of the molecule is O=C(N[C@H]1CCC[C@@](O)(C#Cc2cccc(Cl)c2)C1)c1cc2cc(O)ccc2[nH]1. The maximum Gasteiger partial charge on any atom is 0.267 e. The summed E-state index contributed by atoms with van der Waals surface area (Å²) < 4.78 is 0. The van der Waals surface area contributed by atoms with Crippen molar-refractivity contribution in [1.29, 1.82) is 0 Å². The number of aliphatic hydroxyl groups is 1. The van der Waals surface area contributed by atoms with Gasteiger partial charge in [-0.15, -0.1) is 0 Å². The van der Waals surface area contributed by atoms with E-state index < -0.39 is 5.60 Å². The Morgan fingerprint density at radius 3 is 2.93 bits per heavy atom. The van der Waals surface area contributed by atoms with Crippen LogP contribution in [-0.4, -0.2) is 32.7 Å². The number of phenolic OH excluding ortho intramolecular Hbond substituents is 1. The Bertz CT molecular complexity index is 1130. The predicted molar refractivity (Wildman–Crippen MR) is 113 cm³/mol. The van der Waals surface area contributed by atoms with Gasteiger partial charge >= 0.3 is 0 Å². The number of nitrogens with one attached hydrogen (secondary N) is 2. The van der Waals surface area contributed by atoms with Crippen molar-refractivity contribution in [3.8, 4) is 17.6 Å². The van der Waals surface area contributed by atoms with Crippen molar-refractivity contribution in [1.82, 2.24) is 10.3 Å². The summed E-state index contributed by atoms with van der Waals surface area (Å²) in [6.07, 6.45) is 2.49. The van der Waals surface area contributed by atoms with Crippen molar-refractivity contribution in [2.45, 2.75) is 37.3 Å². The van der Waals surface area contributed by atoms with Gasteiger partial charge in [-0.1, -0.05) is 29.5 Å². The minimum absolute atomic E-state index is 0.152. The van der Waals surface area contributed by atoms with Crippen LogP contribution in [0.2, 0.25) is 5.02 Å². The molecule has 5 nitrogen and oxygen atoms in total. The number of phenols is 1. The first-order valence-electron chi connectivity index (χ1n) is 9.54. The molecule has 0 unspecified atom stereocenters. The minimum atomic E-state index is -1.15. The summed E-state index contributed by atoms with van der Waals surface area (Å²) >= 11 is 5.98. The molecule has 1 saturated carbocycles. The third-order valence-electron chi connectivity index (χ3n) is 5.18. The third kappa shape index (κ3) is 4.56. The second-order valence-electron chi connectivity index (χ2n) is 7.51. The number of rotatable bonds is 2. The monoisotopic (exact) mass is 408 g/mol. The number of aromatic hydroxyl groups is 1. The number of amides is 1.